The zero-order valence-corrected chi connectivity index (χ0v) is 8.29. The van der Waals surface area contributed by atoms with Gasteiger partial charge in [-0.25, -0.2) is 0 Å². The van der Waals surface area contributed by atoms with E-state index in [2.05, 4.69) is 6.58 Å². The molecule has 0 aliphatic carbocycles. The Bertz CT molecular complexity index is 243. The Hall–Kier alpha value is -1.16. The number of ketones is 1. The number of carbonyl (C=O) groups excluding carboxylic acids is 2. The number of carboxylic acid groups (broad SMARTS) is 1. The van der Waals surface area contributed by atoms with E-state index in [-0.39, 0.29) is 23.4 Å². The van der Waals surface area contributed by atoms with E-state index in [1.165, 1.54) is 0 Å². The SMILES string of the molecule is C=C(C)C(=O)C[N+](C)(C)CC(=O)[O-]. The highest BCUT2D eigenvalue weighted by Gasteiger charge is 2.20. The molecule has 0 aliphatic rings. The highest BCUT2D eigenvalue weighted by atomic mass is 16.4. The molecule has 0 atom stereocenters. The molecule has 0 aliphatic heterocycles. The summed E-state index contributed by atoms with van der Waals surface area (Å²) >= 11 is 0. The summed E-state index contributed by atoms with van der Waals surface area (Å²) in [6, 6.07) is 0. The number of hydrogen-bond donors (Lipinski definition) is 0. The minimum atomic E-state index is -1.15. The number of quaternary nitrogens is 1. The van der Waals surface area contributed by atoms with E-state index in [4.69, 9.17) is 0 Å². The maximum atomic E-state index is 11.2. The molecule has 0 bridgehead atoms. The van der Waals surface area contributed by atoms with E-state index < -0.39 is 5.97 Å². The molecule has 0 fully saturated rings. The second kappa shape index (κ2) is 4.18. The summed E-state index contributed by atoms with van der Waals surface area (Å²) in [4.78, 5) is 21.5. The van der Waals surface area contributed by atoms with Crippen LogP contribution in [-0.2, 0) is 9.59 Å². The number of carboxylic acids is 1. The molecule has 0 aromatic heterocycles. The number of rotatable bonds is 5. The number of aliphatic carboxylic acids is 1. The largest absolute Gasteiger partial charge is 0.544 e. The van der Waals surface area contributed by atoms with Crippen molar-refractivity contribution in [2.75, 3.05) is 27.2 Å². The van der Waals surface area contributed by atoms with Gasteiger partial charge in [0.05, 0.1) is 20.1 Å². The fourth-order valence-electron chi connectivity index (χ4n) is 0.929. The van der Waals surface area contributed by atoms with Gasteiger partial charge in [-0.15, -0.1) is 0 Å². The number of nitrogens with zero attached hydrogens (tertiary/aromatic N) is 1. The highest BCUT2D eigenvalue weighted by molar-refractivity contribution is 5.95. The molecule has 0 amide bonds. The van der Waals surface area contributed by atoms with Gasteiger partial charge in [0.1, 0.15) is 13.1 Å². The molecular weight excluding hydrogens is 170 g/mol. The Morgan fingerprint density at radius 1 is 1.31 bits per heavy atom. The first kappa shape index (κ1) is 11.8. The summed E-state index contributed by atoms with van der Waals surface area (Å²) in [5.74, 6) is -1.27. The molecule has 0 aromatic rings. The fourth-order valence-corrected chi connectivity index (χ4v) is 0.929. The number of hydrogen-bond acceptors (Lipinski definition) is 3. The predicted molar refractivity (Wildman–Crippen MR) is 46.7 cm³/mol. The summed E-state index contributed by atoms with van der Waals surface area (Å²) in [5, 5.41) is 10.3. The van der Waals surface area contributed by atoms with Crippen LogP contribution in [0.25, 0.3) is 0 Å². The van der Waals surface area contributed by atoms with E-state index in [0.29, 0.717) is 5.57 Å². The standard InChI is InChI=1S/C9H15NO3/c1-7(2)8(11)5-10(3,4)6-9(12)13/h1,5-6H2,2-4H3. The third-order valence-corrected chi connectivity index (χ3v) is 1.60. The van der Waals surface area contributed by atoms with Crippen molar-refractivity contribution in [2.24, 2.45) is 0 Å². The molecule has 0 saturated heterocycles. The summed E-state index contributed by atoms with van der Waals surface area (Å²) in [7, 11) is 3.33. The Morgan fingerprint density at radius 3 is 2.08 bits per heavy atom. The van der Waals surface area contributed by atoms with Crippen LogP contribution in [0.15, 0.2) is 12.2 Å². The summed E-state index contributed by atoms with van der Waals surface area (Å²) < 4.78 is 0.0913. The third-order valence-electron chi connectivity index (χ3n) is 1.60. The topological polar surface area (TPSA) is 57.2 Å². The van der Waals surface area contributed by atoms with Crippen LogP contribution in [-0.4, -0.2) is 43.4 Å². The number of carbonyl (C=O) groups is 2. The van der Waals surface area contributed by atoms with Crippen LogP contribution in [0.1, 0.15) is 6.92 Å². The van der Waals surface area contributed by atoms with Gasteiger partial charge in [0, 0.05) is 0 Å². The molecule has 0 spiro atoms. The van der Waals surface area contributed by atoms with Gasteiger partial charge in [-0.05, 0) is 12.5 Å². The predicted octanol–water partition coefficient (Wildman–Crippen LogP) is -1.04. The van der Waals surface area contributed by atoms with Gasteiger partial charge < -0.3 is 14.4 Å². The van der Waals surface area contributed by atoms with E-state index in [0.717, 1.165) is 0 Å². The van der Waals surface area contributed by atoms with Gasteiger partial charge >= 0.3 is 0 Å². The molecule has 0 rings (SSSR count). The molecule has 0 aromatic carbocycles. The fraction of sp³-hybridized carbons (Fsp3) is 0.556. The van der Waals surface area contributed by atoms with Crippen molar-refractivity contribution >= 4 is 11.8 Å². The molecule has 4 nitrogen and oxygen atoms in total. The number of likely N-dealkylation sites (N-methyl/N-ethyl adjacent to an activating group) is 1. The van der Waals surface area contributed by atoms with Gasteiger partial charge in [0.15, 0.2) is 0 Å². The molecule has 0 unspecified atom stereocenters. The lowest BCUT2D eigenvalue weighted by Gasteiger charge is -2.29. The van der Waals surface area contributed by atoms with E-state index in [1.807, 2.05) is 0 Å². The summed E-state index contributed by atoms with van der Waals surface area (Å²) in [6.45, 7) is 5.08. The van der Waals surface area contributed by atoms with Gasteiger partial charge in [0.2, 0.25) is 5.78 Å². The first-order valence-electron chi connectivity index (χ1n) is 3.95. The molecule has 0 heterocycles. The van der Waals surface area contributed by atoms with E-state index in [9.17, 15) is 14.7 Å². The van der Waals surface area contributed by atoms with Crippen molar-refractivity contribution in [1.29, 1.82) is 0 Å². The van der Waals surface area contributed by atoms with Crippen LogP contribution < -0.4 is 5.11 Å². The second-order valence-electron chi connectivity index (χ2n) is 3.83. The van der Waals surface area contributed by atoms with Gasteiger partial charge in [-0.2, -0.15) is 0 Å². The minimum Gasteiger partial charge on any atom is -0.544 e. The monoisotopic (exact) mass is 185 g/mol. The molecule has 0 saturated carbocycles. The van der Waals surface area contributed by atoms with Crippen LogP contribution in [0.3, 0.4) is 0 Å². The van der Waals surface area contributed by atoms with Gasteiger partial charge in [-0.3, -0.25) is 4.79 Å². The Labute approximate surface area is 78.1 Å². The van der Waals surface area contributed by atoms with Crippen molar-refractivity contribution < 1.29 is 19.2 Å². The van der Waals surface area contributed by atoms with Crippen LogP contribution in [0.5, 0.6) is 0 Å². The van der Waals surface area contributed by atoms with Crippen LogP contribution >= 0.6 is 0 Å². The quantitative estimate of drug-likeness (QED) is 0.406. The van der Waals surface area contributed by atoms with Crippen molar-refractivity contribution in [2.45, 2.75) is 6.92 Å². The van der Waals surface area contributed by atoms with Crippen molar-refractivity contribution in [3.05, 3.63) is 12.2 Å². The lowest BCUT2D eigenvalue weighted by atomic mass is 10.2. The maximum absolute atomic E-state index is 11.2. The first-order valence-corrected chi connectivity index (χ1v) is 3.95. The minimum absolute atomic E-state index is 0.0913. The lowest BCUT2D eigenvalue weighted by molar-refractivity contribution is -0.876. The Morgan fingerprint density at radius 2 is 1.77 bits per heavy atom. The lowest BCUT2D eigenvalue weighted by Crippen LogP contribution is -2.50. The van der Waals surface area contributed by atoms with E-state index >= 15 is 0 Å². The summed E-state index contributed by atoms with van der Waals surface area (Å²) in [6.07, 6.45) is 0. The van der Waals surface area contributed by atoms with Crippen LogP contribution in [0, 0.1) is 0 Å². The Balaban J connectivity index is 4.24. The third kappa shape index (κ3) is 5.14. The molecular formula is C9H15NO3. The second-order valence-corrected chi connectivity index (χ2v) is 3.83. The molecule has 0 N–H and O–H groups in total. The molecule has 0 radical (unpaired) electrons. The smallest absolute Gasteiger partial charge is 0.212 e. The Kier molecular flexibility index (Phi) is 3.81. The van der Waals surface area contributed by atoms with Crippen LogP contribution in [0.2, 0.25) is 0 Å². The molecule has 13 heavy (non-hydrogen) atoms. The van der Waals surface area contributed by atoms with E-state index in [1.54, 1.807) is 21.0 Å². The first-order chi connectivity index (χ1) is 5.74. The summed E-state index contributed by atoms with van der Waals surface area (Å²) in [5.41, 5.74) is 0.449. The average molecular weight is 185 g/mol. The molecule has 4 heteroatoms. The normalized spacial score (nSPS) is 11.0. The maximum Gasteiger partial charge on any atom is 0.212 e. The van der Waals surface area contributed by atoms with Gasteiger partial charge in [-0.1, -0.05) is 6.58 Å². The van der Waals surface area contributed by atoms with Gasteiger partial charge in [0.25, 0.3) is 0 Å². The number of Topliss-reactive ketones (excluding diaryl/α,β-unsaturated/α-hetero) is 1. The highest BCUT2D eigenvalue weighted by Crippen LogP contribution is 2.00. The zero-order valence-electron chi connectivity index (χ0n) is 8.29. The van der Waals surface area contributed by atoms with Crippen molar-refractivity contribution in [1.82, 2.24) is 0 Å². The van der Waals surface area contributed by atoms with Crippen LogP contribution in [0.4, 0.5) is 0 Å². The average Bonchev–Trinajstić information content (AvgIpc) is 1.81. The zero-order chi connectivity index (χ0) is 10.6. The van der Waals surface area contributed by atoms with Crippen molar-refractivity contribution in [3.8, 4) is 0 Å². The van der Waals surface area contributed by atoms with Crippen molar-refractivity contribution in [3.63, 3.8) is 0 Å². The molecule has 74 valence electrons.